The minimum absolute atomic E-state index is 0. The summed E-state index contributed by atoms with van der Waals surface area (Å²) in [4.78, 5) is 25.9. The smallest absolute Gasteiger partial charge is 0.337 e. The Morgan fingerprint density at radius 1 is 0.851 bits per heavy atom. The lowest BCUT2D eigenvalue weighted by molar-refractivity contribution is -0.129. The summed E-state index contributed by atoms with van der Waals surface area (Å²) >= 11 is 0. The molecular weight excluding hydrogens is 644 g/mol. The largest absolute Gasteiger partial charge is 0.497 e. The molecule has 1 amide bonds. The predicted molar refractivity (Wildman–Crippen MR) is 185 cm³/mol. The summed E-state index contributed by atoms with van der Waals surface area (Å²) in [6.07, 6.45) is -1.48. The molecular formula is C35H47ClN2O8S. The van der Waals surface area contributed by atoms with Crippen molar-refractivity contribution in [2.24, 2.45) is 5.92 Å². The first-order valence-corrected chi connectivity index (χ1v) is 17.2. The number of carbonyl (C=O) groups excluding carboxylic acids is 2. The number of aliphatic hydroxyl groups is 1. The number of aliphatic hydroxyl groups excluding tert-OH is 1. The summed E-state index contributed by atoms with van der Waals surface area (Å²) in [5.74, 6) is -0.256. The van der Waals surface area contributed by atoms with Gasteiger partial charge in [0.15, 0.2) is 6.10 Å². The number of sulfone groups is 1. The molecule has 3 N–H and O–H groups in total. The van der Waals surface area contributed by atoms with Crippen molar-refractivity contribution in [3.05, 3.63) is 95.6 Å². The summed E-state index contributed by atoms with van der Waals surface area (Å²) < 4.78 is 41.8. The van der Waals surface area contributed by atoms with E-state index in [9.17, 15) is 23.1 Å². The average Bonchev–Trinajstić information content (AvgIpc) is 3.05. The molecule has 10 nitrogen and oxygen atoms in total. The number of hydrogen-bond donors (Lipinski definition) is 3. The second kappa shape index (κ2) is 19.9. The van der Waals surface area contributed by atoms with Crippen LogP contribution in [0.25, 0.3) is 0 Å². The van der Waals surface area contributed by atoms with Gasteiger partial charge in [0.25, 0.3) is 5.91 Å². The summed E-state index contributed by atoms with van der Waals surface area (Å²) in [5, 5.41) is 17.5. The van der Waals surface area contributed by atoms with Crippen molar-refractivity contribution in [1.82, 2.24) is 10.6 Å². The normalized spacial score (nSPS) is 13.1. The number of amides is 1. The maximum Gasteiger partial charge on any atom is 0.337 e. The number of esters is 1. The number of methoxy groups -OCH3 is 2. The molecule has 3 rings (SSSR count). The third-order valence-corrected chi connectivity index (χ3v) is 9.15. The third kappa shape index (κ3) is 13.9. The van der Waals surface area contributed by atoms with E-state index in [1.54, 1.807) is 25.3 Å². The quantitative estimate of drug-likeness (QED) is 0.156. The van der Waals surface area contributed by atoms with Crippen LogP contribution in [0.3, 0.4) is 0 Å². The zero-order valence-electron chi connectivity index (χ0n) is 27.4. The summed E-state index contributed by atoms with van der Waals surface area (Å²) in [7, 11) is -0.602. The van der Waals surface area contributed by atoms with Crippen molar-refractivity contribution in [1.29, 1.82) is 0 Å². The first-order valence-electron chi connectivity index (χ1n) is 15.4. The van der Waals surface area contributed by atoms with Crippen LogP contribution in [0.1, 0.15) is 48.2 Å². The van der Waals surface area contributed by atoms with Gasteiger partial charge >= 0.3 is 5.97 Å². The van der Waals surface area contributed by atoms with Crippen LogP contribution in [0.2, 0.25) is 0 Å². The van der Waals surface area contributed by atoms with E-state index in [2.05, 4.69) is 10.6 Å². The topological polar surface area (TPSA) is 140 Å². The number of hydrogen-bond acceptors (Lipinski definition) is 9. The molecule has 3 aromatic carbocycles. The third-order valence-electron chi connectivity index (χ3n) is 7.43. The van der Waals surface area contributed by atoms with E-state index in [0.717, 1.165) is 16.9 Å². The fourth-order valence-corrected chi connectivity index (χ4v) is 6.35. The number of nitrogens with one attached hydrogen (secondary N) is 2. The zero-order valence-corrected chi connectivity index (χ0v) is 29.0. The molecule has 12 heteroatoms. The lowest BCUT2D eigenvalue weighted by atomic mass is 10.0. The standard InChI is InChI=1S/C35H46N2O8S.ClH/c1-25(2)16-18-46(41,42)19-17-33(45-30-15-9-13-28(22-30)35(40)44-4)34(39)37-31(21-26-10-6-5-7-11-26)32(38)24-36-23-27-12-8-14-29(20-27)43-3;/h5-15,20,22,25,31-33,36,38H,16-19,21,23-24H2,1-4H3,(H,37,39);1H/t31-,32-,33?;/m0./s1. The summed E-state index contributed by atoms with van der Waals surface area (Å²) in [5.41, 5.74) is 2.10. The van der Waals surface area contributed by atoms with Gasteiger partial charge in [-0.3, -0.25) is 4.79 Å². The van der Waals surface area contributed by atoms with Crippen LogP contribution in [0.4, 0.5) is 0 Å². The molecule has 3 aromatic rings. The molecule has 0 radical (unpaired) electrons. The van der Waals surface area contributed by atoms with E-state index in [4.69, 9.17) is 14.2 Å². The number of rotatable bonds is 19. The average molecular weight is 691 g/mol. The highest BCUT2D eigenvalue weighted by Crippen LogP contribution is 2.19. The Hall–Kier alpha value is -3.64. The Balaban J connectivity index is 0.00000768. The minimum atomic E-state index is -3.46. The number of benzene rings is 3. The second-order valence-corrected chi connectivity index (χ2v) is 13.9. The van der Waals surface area contributed by atoms with Crippen LogP contribution in [0.5, 0.6) is 11.5 Å². The monoisotopic (exact) mass is 690 g/mol. The Morgan fingerprint density at radius 2 is 1.51 bits per heavy atom. The second-order valence-electron chi connectivity index (χ2n) is 11.6. The molecule has 0 heterocycles. The van der Waals surface area contributed by atoms with Crippen LogP contribution in [0, 0.1) is 5.92 Å². The maximum absolute atomic E-state index is 13.8. The van der Waals surface area contributed by atoms with Crippen LogP contribution < -0.4 is 20.1 Å². The predicted octanol–water partition coefficient (Wildman–Crippen LogP) is 4.38. The van der Waals surface area contributed by atoms with Crippen molar-refractivity contribution < 1.29 is 37.3 Å². The SMILES string of the molecule is COC(=O)c1cccc(OC(CCS(=O)(=O)CCC(C)C)C(=O)N[C@@H](Cc2ccccc2)[C@@H](O)CNCc2cccc(OC)c2)c1.Cl. The Kier molecular flexibility index (Phi) is 16.7. The van der Waals surface area contributed by atoms with Gasteiger partial charge in [0.05, 0.1) is 43.4 Å². The van der Waals surface area contributed by atoms with Gasteiger partial charge in [0.2, 0.25) is 0 Å². The lowest BCUT2D eigenvalue weighted by Gasteiger charge is -2.27. The Labute approximate surface area is 284 Å². The summed E-state index contributed by atoms with van der Waals surface area (Å²) in [6, 6.07) is 22.5. The van der Waals surface area contributed by atoms with Gasteiger partial charge in [0, 0.05) is 19.5 Å². The van der Waals surface area contributed by atoms with Crippen LogP contribution in [-0.4, -0.2) is 75.9 Å². The van der Waals surface area contributed by atoms with E-state index in [-0.39, 0.29) is 54.1 Å². The molecule has 47 heavy (non-hydrogen) atoms. The van der Waals surface area contributed by atoms with Gasteiger partial charge in [0.1, 0.15) is 21.3 Å². The molecule has 0 aromatic heterocycles. The molecule has 0 fully saturated rings. The molecule has 0 aliphatic rings. The van der Waals surface area contributed by atoms with Gasteiger partial charge in [-0.1, -0.05) is 62.4 Å². The van der Waals surface area contributed by atoms with Gasteiger partial charge in [-0.25, -0.2) is 13.2 Å². The van der Waals surface area contributed by atoms with E-state index in [0.29, 0.717) is 19.4 Å². The molecule has 258 valence electrons. The van der Waals surface area contributed by atoms with E-state index in [1.165, 1.54) is 13.2 Å². The highest BCUT2D eigenvalue weighted by atomic mass is 35.5. The van der Waals surface area contributed by atoms with Gasteiger partial charge in [-0.2, -0.15) is 0 Å². The molecule has 0 saturated carbocycles. The maximum atomic E-state index is 13.8. The first kappa shape index (κ1) is 39.5. The fourth-order valence-electron chi connectivity index (χ4n) is 4.74. The Morgan fingerprint density at radius 3 is 2.19 bits per heavy atom. The van der Waals surface area contributed by atoms with E-state index in [1.807, 2.05) is 68.4 Å². The first-order chi connectivity index (χ1) is 22.0. The van der Waals surface area contributed by atoms with E-state index < -0.39 is 40.0 Å². The van der Waals surface area contributed by atoms with Crippen LogP contribution in [-0.2, 0) is 32.3 Å². The zero-order chi connectivity index (χ0) is 33.5. The van der Waals surface area contributed by atoms with Crippen molar-refractivity contribution in [2.45, 2.75) is 57.9 Å². The highest BCUT2D eigenvalue weighted by molar-refractivity contribution is 7.91. The minimum Gasteiger partial charge on any atom is -0.497 e. The van der Waals surface area contributed by atoms with Crippen molar-refractivity contribution in [2.75, 3.05) is 32.3 Å². The molecule has 0 aliphatic carbocycles. The van der Waals surface area contributed by atoms with Crippen molar-refractivity contribution in [3.63, 3.8) is 0 Å². The lowest BCUT2D eigenvalue weighted by Crippen LogP contribution is -2.52. The van der Waals surface area contributed by atoms with Crippen molar-refractivity contribution >= 4 is 34.1 Å². The number of halogens is 1. The molecule has 0 aliphatic heterocycles. The van der Waals surface area contributed by atoms with Gasteiger partial charge < -0.3 is 30.0 Å². The van der Waals surface area contributed by atoms with Gasteiger partial charge in [-0.15, -0.1) is 12.4 Å². The number of carbonyl (C=O) groups is 2. The van der Waals surface area contributed by atoms with Gasteiger partial charge in [-0.05, 0) is 60.2 Å². The molecule has 0 saturated heterocycles. The number of ether oxygens (including phenoxy) is 3. The summed E-state index contributed by atoms with van der Waals surface area (Å²) in [6.45, 7) is 4.54. The molecule has 0 spiro atoms. The fraction of sp³-hybridized carbons (Fsp3) is 0.429. The highest BCUT2D eigenvalue weighted by Gasteiger charge is 2.29. The molecule has 0 bridgehead atoms. The molecule has 1 unspecified atom stereocenters. The van der Waals surface area contributed by atoms with Crippen LogP contribution >= 0.6 is 12.4 Å². The Bertz CT molecular complexity index is 1500. The van der Waals surface area contributed by atoms with Crippen LogP contribution in [0.15, 0.2) is 78.9 Å². The van der Waals surface area contributed by atoms with E-state index >= 15 is 0 Å². The van der Waals surface area contributed by atoms with Crippen molar-refractivity contribution in [3.8, 4) is 11.5 Å². The molecule has 3 atom stereocenters.